The Morgan fingerprint density at radius 2 is 2.18 bits per heavy atom. The number of aromatic nitrogens is 1. The number of rotatable bonds is 7. The molecule has 0 spiro atoms. The molecule has 28 heavy (non-hydrogen) atoms. The summed E-state index contributed by atoms with van der Waals surface area (Å²) >= 11 is 1.53. The molecule has 0 bridgehead atoms. The topological polar surface area (TPSA) is 97.7 Å². The van der Waals surface area contributed by atoms with Crippen LogP contribution in [-0.4, -0.2) is 48.4 Å². The molecule has 1 amide bonds. The molecule has 0 aliphatic carbocycles. The van der Waals surface area contributed by atoms with Crippen molar-refractivity contribution in [3.05, 3.63) is 40.3 Å². The van der Waals surface area contributed by atoms with Crippen molar-refractivity contribution in [3.8, 4) is 0 Å². The number of sulfonamides is 1. The fourth-order valence-electron chi connectivity index (χ4n) is 3.21. The minimum absolute atomic E-state index is 0.0176. The van der Waals surface area contributed by atoms with Crippen molar-refractivity contribution in [1.29, 1.82) is 0 Å². The van der Waals surface area contributed by atoms with Crippen LogP contribution in [0, 0.1) is 0 Å². The largest absolute Gasteiger partial charge is 0.461 e. The highest BCUT2D eigenvalue weighted by Gasteiger charge is 2.40. The fraction of sp³-hybridized carbons (Fsp3) is 0.444. The molecular weight excluding hydrogens is 402 g/mol. The predicted molar refractivity (Wildman–Crippen MR) is 104 cm³/mol. The van der Waals surface area contributed by atoms with Gasteiger partial charge in [0.2, 0.25) is 15.9 Å². The Morgan fingerprint density at radius 3 is 2.86 bits per heavy atom. The van der Waals surface area contributed by atoms with E-state index in [1.807, 2.05) is 17.5 Å². The van der Waals surface area contributed by atoms with Crippen LogP contribution in [0.1, 0.15) is 35.1 Å². The van der Waals surface area contributed by atoms with Crippen LogP contribution < -0.4 is 5.32 Å². The Morgan fingerprint density at radius 1 is 1.39 bits per heavy atom. The van der Waals surface area contributed by atoms with E-state index < -0.39 is 22.0 Å². The van der Waals surface area contributed by atoms with Crippen LogP contribution in [0.2, 0.25) is 0 Å². The van der Waals surface area contributed by atoms with E-state index in [0.29, 0.717) is 19.4 Å². The smallest absolute Gasteiger partial charge is 0.354 e. The number of nitrogens with one attached hydrogen (secondary N) is 1. The van der Waals surface area contributed by atoms with Crippen molar-refractivity contribution in [2.24, 2.45) is 7.05 Å². The number of aryl methyl sites for hydroxylation is 1. The molecule has 1 aliphatic heterocycles. The summed E-state index contributed by atoms with van der Waals surface area (Å²) in [5.74, 6) is -0.894. The first-order chi connectivity index (χ1) is 13.3. The maximum Gasteiger partial charge on any atom is 0.354 e. The maximum absolute atomic E-state index is 13.1. The first kappa shape index (κ1) is 20.6. The molecule has 1 N–H and O–H groups in total. The normalized spacial score (nSPS) is 17.6. The molecule has 1 aliphatic rings. The van der Waals surface area contributed by atoms with Crippen LogP contribution in [0.3, 0.4) is 0 Å². The van der Waals surface area contributed by atoms with Crippen molar-refractivity contribution in [1.82, 2.24) is 14.2 Å². The zero-order valence-electron chi connectivity index (χ0n) is 15.8. The van der Waals surface area contributed by atoms with Gasteiger partial charge in [0.25, 0.3) is 0 Å². The standard InChI is InChI=1S/C18H23N3O5S2/c1-3-26-18(23)16-10-14(12-20(16)2)28(24,25)21-8-4-7-15(21)17(22)19-11-13-6-5-9-27-13/h5-6,9-10,12,15H,3-4,7-8,11H2,1-2H3,(H,19,22)/t15-/m0/s1. The number of esters is 1. The molecule has 0 radical (unpaired) electrons. The zero-order chi connectivity index (χ0) is 20.3. The SMILES string of the molecule is CCOC(=O)c1cc(S(=O)(=O)N2CCC[C@H]2C(=O)NCc2cccs2)cn1C. The highest BCUT2D eigenvalue weighted by molar-refractivity contribution is 7.89. The van der Waals surface area contributed by atoms with E-state index in [0.717, 1.165) is 4.88 Å². The lowest BCUT2D eigenvalue weighted by Crippen LogP contribution is -2.45. The van der Waals surface area contributed by atoms with Crippen LogP contribution in [-0.2, 0) is 33.1 Å². The molecule has 8 nitrogen and oxygen atoms in total. The monoisotopic (exact) mass is 425 g/mol. The highest BCUT2D eigenvalue weighted by atomic mass is 32.2. The van der Waals surface area contributed by atoms with Gasteiger partial charge in [-0.25, -0.2) is 13.2 Å². The van der Waals surface area contributed by atoms with Gasteiger partial charge in [0.15, 0.2) is 0 Å². The second-order valence-electron chi connectivity index (χ2n) is 6.46. The summed E-state index contributed by atoms with van der Waals surface area (Å²) in [5.41, 5.74) is 0.151. The summed E-state index contributed by atoms with van der Waals surface area (Å²) in [6.07, 6.45) is 2.45. The zero-order valence-corrected chi connectivity index (χ0v) is 17.4. The van der Waals surface area contributed by atoms with E-state index in [9.17, 15) is 18.0 Å². The van der Waals surface area contributed by atoms with Crippen molar-refractivity contribution in [3.63, 3.8) is 0 Å². The Hall–Kier alpha value is -2.17. The van der Waals surface area contributed by atoms with Gasteiger partial charge in [-0.05, 0) is 37.3 Å². The highest BCUT2D eigenvalue weighted by Crippen LogP contribution is 2.27. The first-order valence-corrected chi connectivity index (χ1v) is 11.3. The minimum atomic E-state index is -3.91. The fourth-order valence-corrected chi connectivity index (χ4v) is 5.59. The lowest BCUT2D eigenvalue weighted by atomic mass is 10.2. The average molecular weight is 426 g/mol. The Balaban J connectivity index is 1.77. The second kappa shape index (κ2) is 8.46. The number of hydrogen-bond donors (Lipinski definition) is 1. The van der Waals surface area contributed by atoms with Crippen molar-refractivity contribution < 1.29 is 22.7 Å². The van der Waals surface area contributed by atoms with Gasteiger partial charge in [0, 0.05) is 24.7 Å². The molecule has 1 fully saturated rings. The number of carbonyl (C=O) groups excluding carboxylic acids is 2. The number of carbonyl (C=O) groups is 2. The number of ether oxygens (including phenoxy) is 1. The maximum atomic E-state index is 13.1. The Bertz CT molecular complexity index is 950. The van der Waals surface area contributed by atoms with Crippen LogP contribution >= 0.6 is 11.3 Å². The lowest BCUT2D eigenvalue weighted by Gasteiger charge is -2.22. The average Bonchev–Trinajstić information content (AvgIpc) is 3.40. The number of thiophene rings is 1. The van der Waals surface area contributed by atoms with Crippen molar-refractivity contribution in [2.45, 2.75) is 37.2 Å². The number of hydrogen-bond acceptors (Lipinski definition) is 6. The van der Waals surface area contributed by atoms with E-state index >= 15 is 0 Å². The molecule has 1 saturated heterocycles. The lowest BCUT2D eigenvalue weighted by molar-refractivity contribution is -0.124. The van der Waals surface area contributed by atoms with Crippen molar-refractivity contribution in [2.75, 3.05) is 13.2 Å². The quantitative estimate of drug-likeness (QED) is 0.682. The van der Waals surface area contributed by atoms with Gasteiger partial charge in [-0.3, -0.25) is 4.79 Å². The molecule has 2 aromatic rings. The van der Waals surface area contributed by atoms with E-state index in [4.69, 9.17) is 4.74 Å². The summed E-state index contributed by atoms with van der Waals surface area (Å²) in [5, 5.41) is 4.74. The summed E-state index contributed by atoms with van der Waals surface area (Å²) in [6, 6.07) is 4.35. The van der Waals surface area contributed by atoms with Crippen molar-refractivity contribution >= 4 is 33.2 Å². The van der Waals surface area contributed by atoms with E-state index in [1.54, 1.807) is 14.0 Å². The summed E-state index contributed by atoms with van der Waals surface area (Å²) < 4.78 is 33.8. The van der Waals surface area contributed by atoms with Gasteiger partial charge in [-0.15, -0.1) is 11.3 Å². The molecule has 0 unspecified atom stereocenters. The molecule has 3 rings (SSSR count). The van der Waals surface area contributed by atoms with E-state index in [-0.39, 0.29) is 29.6 Å². The molecule has 2 aromatic heterocycles. The minimum Gasteiger partial charge on any atom is -0.461 e. The molecule has 1 atom stereocenters. The van der Waals surface area contributed by atoms with Gasteiger partial charge in [-0.1, -0.05) is 6.07 Å². The van der Waals surface area contributed by atoms with Crippen LogP contribution in [0.4, 0.5) is 0 Å². The van der Waals surface area contributed by atoms with Gasteiger partial charge < -0.3 is 14.6 Å². The third-order valence-corrected chi connectivity index (χ3v) is 7.34. The first-order valence-electron chi connectivity index (χ1n) is 9.00. The van der Waals surface area contributed by atoms with E-state index in [2.05, 4.69) is 5.32 Å². The van der Waals surface area contributed by atoms with Gasteiger partial charge in [0.05, 0.1) is 13.2 Å². The van der Waals surface area contributed by atoms with Gasteiger partial charge in [-0.2, -0.15) is 4.31 Å². The molecule has 0 aromatic carbocycles. The summed E-state index contributed by atoms with van der Waals surface area (Å²) in [6.45, 7) is 2.52. The molecule has 10 heteroatoms. The Kier molecular flexibility index (Phi) is 6.21. The number of nitrogens with zero attached hydrogens (tertiary/aromatic N) is 2. The third kappa shape index (κ3) is 4.13. The number of amides is 1. The molecule has 152 valence electrons. The van der Waals surface area contributed by atoms with Gasteiger partial charge in [0.1, 0.15) is 16.6 Å². The molecule has 3 heterocycles. The molecular formula is C18H23N3O5S2. The summed E-state index contributed by atoms with van der Waals surface area (Å²) in [4.78, 5) is 25.6. The second-order valence-corrected chi connectivity index (χ2v) is 9.39. The van der Waals surface area contributed by atoms with Crippen LogP contribution in [0.25, 0.3) is 0 Å². The summed E-state index contributed by atoms with van der Waals surface area (Å²) in [7, 11) is -2.32. The van der Waals surface area contributed by atoms with Gasteiger partial charge >= 0.3 is 5.97 Å². The van der Waals surface area contributed by atoms with Crippen LogP contribution in [0.5, 0.6) is 0 Å². The third-order valence-electron chi connectivity index (χ3n) is 4.59. The van der Waals surface area contributed by atoms with Crippen LogP contribution in [0.15, 0.2) is 34.7 Å². The Labute approximate surface area is 168 Å². The van der Waals surface area contributed by atoms with E-state index in [1.165, 1.54) is 32.5 Å². The molecule has 0 saturated carbocycles. The predicted octanol–water partition coefficient (Wildman–Crippen LogP) is 1.73.